The molecule has 2 aromatic heterocycles. The van der Waals surface area contributed by atoms with Crippen LogP contribution >= 0.6 is 11.3 Å². The first-order valence-corrected chi connectivity index (χ1v) is 10.6. The van der Waals surface area contributed by atoms with Gasteiger partial charge < -0.3 is 10.6 Å². The summed E-state index contributed by atoms with van der Waals surface area (Å²) in [6.07, 6.45) is 4.56. The van der Waals surface area contributed by atoms with Crippen molar-refractivity contribution in [2.45, 2.75) is 19.8 Å². The molecule has 3 aromatic rings. The molecule has 0 unspecified atom stereocenters. The Hall–Kier alpha value is -2.97. The summed E-state index contributed by atoms with van der Waals surface area (Å²) in [4.78, 5) is 34.0. The number of anilines is 1. The van der Waals surface area contributed by atoms with Crippen LogP contribution in [0.15, 0.2) is 42.0 Å². The number of ketones is 1. The molecular formula is C22H21FN4O2S. The number of benzene rings is 1. The van der Waals surface area contributed by atoms with E-state index in [-0.39, 0.29) is 23.2 Å². The maximum Gasteiger partial charge on any atom is 0.275 e. The van der Waals surface area contributed by atoms with E-state index in [4.69, 9.17) is 0 Å². The zero-order chi connectivity index (χ0) is 21.1. The average molecular weight is 425 g/mol. The lowest BCUT2D eigenvalue weighted by Crippen LogP contribution is -2.32. The standard InChI is InChI=1S/C22H21FN4O2S/c1-13-2-3-17(23)16(10-13)22-27-19(12-30-22)21(29)26-18-11-25-9-6-15(18)20(28)14-4-7-24-8-5-14/h2-3,6,9-12,14,24H,4-5,7-8H2,1H3,(H,26,29). The predicted molar refractivity (Wildman–Crippen MR) is 114 cm³/mol. The minimum absolute atomic E-state index is 0.00926. The van der Waals surface area contributed by atoms with Gasteiger partial charge in [-0.15, -0.1) is 11.3 Å². The van der Waals surface area contributed by atoms with Crippen molar-refractivity contribution >= 4 is 28.7 Å². The zero-order valence-corrected chi connectivity index (χ0v) is 17.3. The van der Waals surface area contributed by atoms with E-state index >= 15 is 0 Å². The SMILES string of the molecule is Cc1ccc(F)c(-c2nc(C(=O)Nc3cnccc3C(=O)C3CCNCC3)cs2)c1. The van der Waals surface area contributed by atoms with Crippen LogP contribution in [0.3, 0.4) is 0 Å². The monoisotopic (exact) mass is 424 g/mol. The summed E-state index contributed by atoms with van der Waals surface area (Å²) in [6, 6.07) is 6.41. The molecular weight excluding hydrogens is 403 g/mol. The Morgan fingerprint density at radius 2 is 2.03 bits per heavy atom. The molecule has 8 heteroatoms. The van der Waals surface area contributed by atoms with Gasteiger partial charge in [-0.3, -0.25) is 14.6 Å². The van der Waals surface area contributed by atoms with Gasteiger partial charge in [0.05, 0.1) is 11.9 Å². The molecule has 0 aliphatic carbocycles. The van der Waals surface area contributed by atoms with E-state index in [1.807, 2.05) is 6.92 Å². The number of carbonyl (C=O) groups excluding carboxylic acids is 2. The zero-order valence-electron chi connectivity index (χ0n) is 16.4. The summed E-state index contributed by atoms with van der Waals surface area (Å²) in [5.41, 5.74) is 2.25. The molecule has 1 aliphatic rings. The molecule has 3 heterocycles. The summed E-state index contributed by atoms with van der Waals surface area (Å²) in [5, 5.41) is 8.00. The predicted octanol–water partition coefficient (Wildman–Crippen LogP) is 4.09. The average Bonchev–Trinajstić information content (AvgIpc) is 3.26. The van der Waals surface area contributed by atoms with Crippen LogP contribution in [-0.4, -0.2) is 34.7 Å². The maximum atomic E-state index is 14.1. The van der Waals surface area contributed by atoms with Crippen molar-refractivity contribution < 1.29 is 14.0 Å². The largest absolute Gasteiger partial charge is 0.319 e. The summed E-state index contributed by atoms with van der Waals surface area (Å²) >= 11 is 1.20. The molecule has 30 heavy (non-hydrogen) atoms. The highest BCUT2D eigenvalue weighted by atomic mass is 32.1. The molecule has 1 fully saturated rings. The maximum absolute atomic E-state index is 14.1. The third-order valence-corrected chi connectivity index (χ3v) is 6.01. The number of aromatic nitrogens is 2. The summed E-state index contributed by atoms with van der Waals surface area (Å²) < 4.78 is 14.1. The van der Waals surface area contributed by atoms with E-state index in [1.54, 1.807) is 29.8 Å². The number of nitrogens with zero attached hydrogens (tertiary/aromatic N) is 2. The molecule has 4 rings (SSSR count). The van der Waals surface area contributed by atoms with Crippen LogP contribution < -0.4 is 10.6 Å². The lowest BCUT2D eigenvalue weighted by Gasteiger charge is -2.22. The first-order valence-electron chi connectivity index (χ1n) is 9.75. The summed E-state index contributed by atoms with van der Waals surface area (Å²) in [6.45, 7) is 3.48. The van der Waals surface area contributed by atoms with E-state index in [0.717, 1.165) is 31.5 Å². The fourth-order valence-corrected chi connectivity index (χ4v) is 4.32. The van der Waals surface area contributed by atoms with Gasteiger partial charge in [0.2, 0.25) is 0 Å². The van der Waals surface area contributed by atoms with Crippen molar-refractivity contribution in [3.05, 3.63) is 64.7 Å². The Labute approximate surface area is 177 Å². The van der Waals surface area contributed by atoms with Crippen molar-refractivity contribution in [2.24, 2.45) is 5.92 Å². The van der Waals surface area contributed by atoms with Crippen molar-refractivity contribution in [3.8, 4) is 10.6 Å². The minimum Gasteiger partial charge on any atom is -0.319 e. The highest BCUT2D eigenvalue weighted by Gasteiger charge is 2.25. The molecule has 0 radical (unpaired) electrons. The van der Waals surface area contributed by atoms with Crippen LogP contribution in [0, 0.1) is 18.7 Å². The second-order valence-electron chi connectivity index (χ2n) is 7.29. The third-order valence-electron chi connectivity index (χ3n) is 5.13. The number of rotatable bonds is 5. The topological polar surface area (TPSA) is 84.0 Å². The van der Waals surface area contributed by atoms with Gasteiger partial charge in [0.1, 0.15) is 16.5 Å². The second-order valence-corrected chi connectivity index (χ2v) is 8.14. The summed E-state index contributed by atoms with van der Waals surface area (Å²) in [5.74, 6) is -0.906. The van der Waals surface area contributed by atoms with E-state index < -0.39 is 5.91 Å². The van der Waals surface area contributed by atoms with Crippen molar-refractivity contribution in [1.29, 1.82) is 0 Å². The van der Waals surface area contributed by atoms with Gasteiger partial charge in [-0.2, -0.15) is 0 Å². The smallest absolute Gasteiger partial charge is 0.275 e. The van der Waals surface area contributed by atoms with Crippen LogP contribution in [-0.2, 0) is 0 Å². The first-order chi connectivity index (χ1) is 14.5. The molecule has 1 amide bonds. The number of thiazole rings is 1. The van der Waals surface area contributed by atoms with E-state index in [1.165, 1.54) is 23.6 Å². The number of aryl methyl sites for hydroxylation is 1. The van der Waals surface area contributed by atoms with Gasteiger partial charge in [-0.05, 0) is 51.1 Å². The van der Waals surface area contributed by atoms with Gasteiger partial charge in [0, 0.05) is 28.6 Å². The molecule has 0 spiro atoms. The van der Waals surface area contributed by atoms with Gasteiger partial charge in [0.15, 0.2) is 5.78 Å². The number of nitrogens with one attached hydrogen (secondary N) is 2. The Kier molecular flexibility index (Phi) is 5.96. The van der Waals surface area contributed by atoms with Gasteiger partial charge in [-0.25, -0.2) is 9.37 Å². The first kappa shape index (κ1) is 20.3. The van der Waals surface area contributed by atoms with Crippen LogP contribution in [0.25, 0.3) is 10.6 Å². The van der Waals surface area contributed by atoms with Crippen LogP contribution in [0.1, 0.15) is 39.3 Å². The fourth-order valence-electron chi connectivity index (χ4n) is 3.50. The molecule has 6 nitrogen and oxygen atoms in total. The lowest BCUT2D eigenvalue weighted by atomic mass is 9.89. The van der Waals surface area contributed by atoms with Crippen molar-refractivity contribution in [1.82, 2.24) is 15.3 Å². The molecule has 0 bridgehead atoms. The third kappa shape index (κ3) is 4.29. The molecule has 0 saturated carbocycles. The number of halogens is 1. The number of carbonyl (C=O) groups is 2. The number of amides is 1. The van der Waals surface area contributed by atoms with E-state index in [9.17, 15) is 14.0 Å². The Morgan fingerprint density at radius 1 is 1.23 bits per heavy atom. The lowest BCUT2D eigenvalue weighted by molar-refractivity contribution is 0.0896. The Bertz CT molecular complexity index is 1090. The second kappa shape index (κ2) is 8.81. The van der Waals surface area contributed by atoms with Crippen molar-refractivity contribution in [2.75, 3.05) is 18.4 Å². The quantitative estimate of drug-likeness (QED) is 0.603. The summed E-state index contributed by atoms with van der Waals surface area (Å²) in [7, 11) is 0. The highest BCUT2D eigenvalue weighted by Crippen LogP contribution is 2.28. The molecule has 1 aromatic carbocycles. The minimum atomic E-state index is -0.460. The van der Waals surface area contributed by atoms with E-state index in [0.29, 0.717) is 21.8 Å². The molecule has 1 saturated heterocycles. The van der Waals surface area contributed by atoms with Crippen LogP contribution in [0.4, 0.5) is 10.1 Å². The normalized spacial score (nSPS) is 14.5. The Balaban J connectivity index is 1.54. The van der Waals surface area contributed by atoms with Crippen LogP contribution in [0.2, 0.25) is 0 Å². The van der Waals surface area contributed by atoms with Gasteiger partial charge >= 0.3 is 0 Å². The number of Topliss-reactive ketones (excluding diaryl/α,β-unsaturated/α-hetero) is 1. The molecule has 1 aliphatic heterocycles. The van der Waals surface area contributed by atoms with Gasteiger partial charge in [-0.1, -0.05) is 11.6 Å². The number of hydrogen-bond donors (Lipinski definition) is 2. The molecule has 0 atom stereocenters. The van der Waals surface area contributed by atoms with Crippen molar-refractivity contribution in [3.63, 3.8) is 0 Å². The van der Waals surface area contributed by atoms with E-state index in [2.05, 4.69) is 20.6 Å². The Morgan fingerprint density at radius 3 is 2.83 bits per heavy atom. The highest BCUT2D eigenvalue weighted by molar-refractivity contribution is 7.13. The fraction of sp³-hybridized carbons (Fsp3) is 0.273. The van der Waals surface area contributed by atoms with Gasteiger partial charge in [0.25, 0.3) is 5.91 Å². The number of piperidine rings is 1. The molecule has 2 N–H and O–H groups in total. The number of hydrogen-bond acceptors (Lipinski definition) is 6. The molecule has 154 valence electrons. The number of pyridine rings is 1. The van der Waals surface area contributed by atoms with Crippen LogP contribution in [0.5, 0.6) is 0 Å².